The number of nitrogens with one attached hydrogen (secondary N) is 1. The standard InChI is InChI=1S/C20H17NO3/c1-14(15-5-3-2-4-6-15)21-20(23)17-9-7-16(8-10-17)19-12-11-18(13-22)24-19/h2-14H,1H3,(H,21,23). The Labute approximate surface area is 140 Å². The highest BCUT2D eigenvalue weighted by Crippen LogP contribution is 2.22. The van der Waals surface area contributed by atoms with Gasteiger partial charge in [-0.3, -0.25) is 9.59 Å². The highest BCUT2D eigenvalue weighted by Gasteiger charge is 2.12. The molecule has 24 heavy (non-hydrogen) atoms. The Hall–Kier alpha value is -3.14. The quantitative estimate of drug-likeness (QED) is 0.715. The van der Waals surface area contributed by atoms with Crippen molar-refractivity contribution in [3.63, 3.8) is 0 Å². The summed E-state index contributed by atoms with van der Waals surface area (Å²) in [5.74, 6) is 0.746. The van der Waals surface area contributed by atoms with Crippen molar-refractivity contribution in [1.29, 1.82) is 0 Å². The van der Waals surface area contributed by atoms with Gasteiger partial charge >= 0.3 is 0 Å². The van der Waals surface area contributed by atoms with Gasteiger partial charge in [0.1, 0.15) is 5.76 Å². The van der Waals surface area contributed by atoms with E-state index in [1.165, 1.54) is 0 Å². The SMILES string of the molecule is CC(NC(=O)c1ccc(-c2ccc(C=O)o2)cc1)c1ccccc1. The third-order valence-electron chi connectivity index (χ3n) is 3.82. The molecule has 2 aromatic carbocycles. The number of carbonyl (C=O) groups is 2. The van der Waals surface area contributed by atoms with Gasteiger partial charge in [0.25, 0.3) is 5.91 Å². The zero-order valence-corrected chi connectivity index (χ0v) is 13.2. The molecule has 0 bridgehead atoms. The van der Waals surface area contributed by atoms with E-state index >= 15 is 0 Å². The highest BCUT2D eigenvalue weighted by molar-refractivity contribution is 5.94. The van der Waals surface area contributed by atoms with Crippen molar-refractivity contribution in [3.05, 3.63) is 83.6 Å². The summed E-state index contributed by atoms with van der Waals surface area (Å²) in [6.07, 6.45) is 0.663. The molecule has 1 atom stereocenters. The lowest BCUT2D eigenvalue weighted by Crippen LogP contribution is -2.26. The number of hydrogen-bond donors (Lipinski definition) is 1. The van der Waals surface area contributed by atoms with E-state index in [1.807, 2.05) is 37.3 Å². The summed E-state index contributed by atoms with van der Waals surface area (Å²) in [5, 5.41) is 2.98. The number of aldehydes is 1. The predicted octanol–water partition coefficient (Wildman–Crippen LogP) is 4.25. The Kier molecular flexibility index (Phi) is 4.57. The molecule has 0 aliphatic rings. The monoisotopic (exact) mass is 319 g/mol. The number of amides is 1. The molecule has 1 aromatic heterocycles. The van der Waals surface area contributed by atoms with E-state index in [9.17, 15) is 9.59 Å². The fourth-order valence-electron chi connectivity index (χ4n) is 2.46. The molecule has 0 radical (unpaired) electrons. The van der Waals surface area contributed by atoms with Gasteiger partial charge in [-0.15, -0.1) is 0 Å². The maximum Gasteiger partial charge on any atom is 0.251 e. The second-order valence-electron chi connectivity index (χ2n) is 5.50. The summed E-state index contributed by atoms with van der Waals surface area (Å²) in [7, 11) is 0. The van der Waals surface area contributed by atoms with Gasteiger partial charge in [0.05, 0.1) is 6.04 Å². The normalized spacial score (nSPS) is 11.7. The van der Waals surface area contributed by atoms with Gasteiger partial charge in [0, 0.05) is 11.1 Å². The molecule has 0 spiro atoms. The average molecular weight is 319 g/mol. The molecule has 0 fully saturated rings. The number of benzene rings is 2. The van der Waals surface area contributed by atoms with Gasteiger partial charge in [-0.2, -0.15) is 0 Å². The van der Waals surface area contributed by atoms with Crippen LogP contribution < -0.4 is 5.32 Å². The minimum Gasteiger partial charge on any atom is -0.453 e. The van der Waals surface area contributed by atoms with Crippen LogP contribution in [0.2, 0.25) is 0 Å². The molecule has 120 valence electrons. The van der Waals surface area contributed by atoms with Crippen molar-refractivity contribution in [3.8, 4) is 11.3 Å². The Balaban J connectivity index is 1.71. The van der Waals surface area contributed by atoms with Crippen molar-refractivity contribution < 1.29 is 14.0 Å². The number of rotatable bonds is 5. The van der Waals surface area contributed by atoms with Gasteiger partial charge < -0.3 is 9.73 Å². The summed E-state index contributed by atoms with van der Waals surface area (Å²) in [6.45, 7) is 1.95. The van der Waals surface area contributed by atoms with Crippen LogP contribution in [0, 0.1) is 0 Å². The van der Waals surface area contributed by atoms with Crippen LogP contribution in [0.5, 0.6) is 0 Å². The Morgan fingerprint density at radius 1 is 1.00 bits per heavy atom. The molecule has 1 amide bonds. The lowest BCUT2D eigenvalue weighted by Gasteiger charge is -2.14. The highest BCUT2D eigenvalue weighted by atomic mass is 16.3. The fraction of sp³-hybridized carbons (Fsp3) is 0.100. The molecule has 1 unspecified atom stereocenters. The summed E-state index contributed by atoms with van der Waals surface area (Å²) >= 11 is 0. The van der Waals surface area contributed by atoms with Crippen molar-refractivity contribution in [2.75, 3.05) is 0 Å². The first-order valence-electron chi connectivity index (χ1n) is 7.68. The van der Waals surface area contributed by atoms with E-state index in [4.69, 9.17) is 4.42 Å². The lowest BCUT2D eigenvalue weighted by atomic mass is 10.1. The smallest absolute Gasteiger partial charge is 0.251 e. The number of hydrogen-bond acceptors (Lipinski definition) is 3. The molecule has 0 saturated heterocycles. The molecule has 4 nitrogen and oxygen atoms in total. The first-order valence-corrected chi connectivity index (χ1v) is 7.68. The maximum atomic E-state index is 12.3. The van der Waals surface area contributed by atoms with E-state index in [1.54, 1.807) is 36.4 Å². The molecule has 3 aromatic rings. The molecule has 0 aliphatic heterocycles. The van der Waals surface area contributed by atoms with Gasteiger partial charge in [-0.1, -0.05) is 42.5 Å². The van der Waals surface area contributed by atoms with Crippen LogP contribution >= 0.6 is 0 Å². The van der Waals surface area contributed by atoms with Gasteiger partial charge in [0.2, 0.25) is 0 Å². The van der Waals surface area contributed by atoms with E-state index in [-0.39, 0.29) is 17.7 Å². The molecule has 4 heteroatoms. The Morgan fingerprint density at radius 2 is 1.71 bits per heavy atom. The predicted molar refractivity (Wildman–Crippen MR) is 91.9 cm³/mol. The van der Waals surface area contributed by atoms with Crippen molar-refractivity contribution >= 4 is 12.2 Å². The average Bonchev–Trinajstić information content (AvgIpc) is 3.11. The summed E-state index contributed by atoms with van der Waals surface area (Å²) in [5.41, 5.74) is 2.44. The second kappa shape index (κ2) is 6.96. The topological polar surface area (TPSA) is 59.3 Å². The molecule has 3 rings (SSSR count). The first-order chi connectivity index (χ1) is 11.7. The number of carbonyl (C=O) groups excluding carboxylic acids is 2. The van der Waals surface area contributed by atoms with E-state index < -0.39 is 0 Å². The van der Waals surface area contributed by atoms with E-state index in [0.717, 1.165) is 11.1 Å². The first kappa shape index (κ1) is 15.7. The Bertz CT molecular complexity index is 835. The van der Waals surface area contributed by atoms with E-state index in [0.29, 0.717) is 17.6 Å². The van der Waals surface area contributed by atoms with Gasteiger partial charge in [0.15, 0.2) is 12.0 Å². The third kappa shape index (κ3) is 3.43. The van der Waals surface area contributed by atoms with Gasteiger partial charge in [-0.25, -0.2) is 0 Å². The Morgan fingerprint density at radius 3 is 2.33 bits per heavy atom. The maximum absolute atomic E-state index is 12.3. The molecule has 1 N–H and O–H groups in total. The minimum atomic E-state index is -0.133. The zero-order valence-electron chi connectivity index (χ0n) is 13.2. The lowest BCUT2D eigenvalue weighted by molar-refractivity contribution is 0.0939. The molecule has 0 aliphatic carbocycles. The summed E-state index contributed by atoms with van der Waals surface area (Å²) < 4.78 is 5.37. The molecular formula is C20H17NO3. The van der Waals surface area contributed by atoms with Crippen LogP contribution in [0.15, 0.2) is 71.1 Å². The van der Waals surface area contributed by atoms with E-state index in [2.05, 4.69) is 5.32 Å². The third-order valence-corrected chi connectivity index (χ3v) is 3.82. The van der Waals surface area contributed by atoms with Crippen LogP contribution in [-0.4, -0.2) is 12.2 Å². The van der Waals surface area contributed by atoms with Crippen LogP contribution in [0.4, 0.5) is 0 Å². The van der Waals surface area contributed by atoms with Crippen LogP contribution in [0.25, 0.3) is 11.3 Å². The largest absolute Gasteiger partial charge is 0.453 e. The van der Waals surface area contributed by atoms with Crippen LogP contribution in [0.3, 0.4) is 0 Å². The summed E-state index contributed by atoms with van der Waals surface area (Å²) in [6, 6.07) is 20.2. The van der Waals surface area contributed by atoms with Crippen molar-refractivity contribution in [1.82, 2.24) is 5.32 Å². The molecule has 0 saturated carbocycles. The summed E-state index contributed by atoms with van der Waals surface area (Å²) in [4.78, 5) is 23.0. The van der Waals surface area contributed by atoms with Crippen LogP contribution in [-0.2, 0) is 0 Å². The van der Waals surface area contributed by atoms with Crippen molar-refractivity contribution in [2.45, 2.75) is 13.0 Å². The number of furan rings is 1. The van der Waals surface area contributed by atoms with Crippen LogP contribution in [0.1, 0.15) is 39.4 Å². The minimum absolute atomic E-state index is 0.0707. The fourth-order valence-corrected chi connectivity index (χ4v) is 2.46. The molecular weight excluding hydrogens is 302 g/mol. The molecule has 1 heterocycles. The zero-order chi connectivity index (χ0) is 16.9. The van der Waals surface area contributed by atoms with Gasteiger partial charge in [-0.05, 0) is 36.8 Å². The second-order valence-corrected chi connectivity index (χ2v) is 5.50. The van der Waals surface area contributed by atoms with Crippen molar-refractivity contribution in [2.24, 2.45) is 0 Å².